The van der Waals surface area contributed by atoms with E-state index in [9.17, 15) is 17.9 Å². The highest BCUT2D eigenvalue weighted by Crippen LogP contribution is 2.22. The number of hydrogen-bond acceptors (Lipinski definition) is 3. The van der Waals surface area contributed by atoms with E-state index in [2.05, 4.69) is 15.9 Å². The summed E-state index contributed by atoms with van der Waals surface area (Å²) in [4.78, 5) is 0. The Bertz CT molecular complexity index is 478. The second-order valence-electron chi connectivity index (χ2n) is 3.28. The molecule has 0 heterocycles. The maximum absolute atomic E-state index is 13.2. The third-order valence-electron chi connectivity index (χ3n) is 1.82. The van der Waals surface area contributed by atoms with Crippen LogP contribution in [0.1, 0.15) is 11.7 Å². The van der Waals surface area contributed by atoms with Gasteiger partial charge in [-0.15, -0.1) is 0 Å². The van der Waals surface area contributed by atoms with Gasteiger partial charge in [0.15, 0.2) is 0 Å². The van der Waals surface area contributed by atoms with Gasteiger partial charge in [-0.25, -0.2) is 12.8 Å². The third-order valence-corrected chi connectivity index (χ3v) is 3.02. The van der Waals surface area contributed by atoms with Crippen LogP contribution >= 0.6 is 15.9 Å². The fourth-order valence-electron chi connectivity index (χ4n) is 1.12. The fraction of sp³-hybridized carbons (Fsp3) is 0.333. The zero-order valence-electron chi connectivity index (χ0n) is 8.44. The molecule has 0 spiro atoms. The number of nitrogens with one attached hydrogen (secondary N) is 1. The second kappa shape index (κ2) is 5.11. The number of rotatable bonds is 4. The first-order chi connectivity index (χ1) is 7.33. The number of aliphatic hydroxyl groups excluding tert-OH is 1. The van der Waals surface area contributed by atoms with Crippen molar-refractivity contribution in [2.75, 3.05) is 16.3 Å². The van der Waals surface area contributed by atoms with E-state index in [1.54, 1.807) is 0 Å². The molecular formula is C9H11BrFNO3S. The van der Waals surface area contributed by atoms with E-state index >= 15 is 0 Å². The number of anilines is 1. The molecule has 0 radical (unpaired) electrons. The Balaban J connectivity index is 3.09. The topological polar surface area (TPSA) is 66.4 Å². The van der Waals surface area contributed by atoms with Crippen molar-refractivity contribution in [1.82, 2.24) is 0 Å². The molecule has 1 aromatic rings. The number of halogens is 2. The van der Waals surface area contributed by atoms with Crippen molar-refractivity contribution in [3.8, 4) is 0 Å². The molecule has 0 aliphatic carbocycles. The predicted molar refractivity (Wildman–Crippen MR) is 63.6 cm³/mol. The van der Waals surface area contributed by atoms with Gasteiger partial charge in [-0.05, 0) is 17.7 Å². The molecule has 0 amide bonds. The van der Waals surface area contributed by atoms with Crippen LogP contribution in [0, 0.1) is 5.82 Å². The molecule has 0 saturated heterocycles. The second-order valence-corrected chi connectivity index (χ2v) is 5.68. The number of sulfonamides is 1. The van der Waals surface area contributed by atoms with E-state index in [0.717, 1.165) is 12.3 Å². The van der Waals surface area contributed by atoms with Crippen LogP contribution < -0.4 is 4.72 Å². The van der Waals surface area contributed by atoms with Gasteiger partial charge in [0, 0.05) is 5.33 Å². The minimum Gasteiger partial charge on any atom is -0.388 e. The summed E-state index contributed by atoms with van der Waals surface area (Å²) >= 11 is 3.07. The van der Waals surface area contributed by atoms with Crippen molar-refractivity contribution < 1.29 is 17.9 Å². The monoisotopic (exact) mass is 311 g/mol. The lowest BCUT2D eigenvalue weighted by molar-refractivity contribution is 0.205. The molecule has 0 fully saturated rings. The Morgan fingerprint density at radius 2 is 2.19 bits per heavy atom. The minimum atomic E-state index is -3.53. The molecule has 7 heteroatoms. The molecule has 0 aliphatic rings. The Kier molecular flexibility index (Phi) is 4.28. The van der Waals surface area contributed by atoms with Gasteiger partial charge in [-0.2, -0.15) is 0 Å². The van der Waals surface area contributed by atoms with Crippen LogP contribution in [0.2, 0.25) is 0 Å². The van der Waals surface area contributed by atoms with Crippen LogP contribution in [0.3, 0.4) is 0 Å². The number of alkyl halides is 1. The first kappa shape index (κ1) is 13.4. The molecule has 2 N–H and O–H groups in total. The van der Waals surface area contributed by atoms with Crippen LogP contribution in [0.5, 0.6) is 0 Å². The zero-order chi connectivity index (χ0) is 12.3. The van der Waals surface area contributed by atoms with Crippen molar-refractivity contribution >= 4 is 31.6 Å². The first-order valence-corrected chi connectivity index (χ1v) is 7.36. The molecule has 1 atom stereocenters. The van der Waals surface area contributed by atoms with E-state index in [4.69, 9.17) is 0 Å². The summed E-state index contributed by atoms with van der Waals surface area (Å²) in [5, 5.41) is 9.79. The number of aliphatic hydroxyl groups is 1. The molecule has 1 rings (SSSR count). The van der Waals surface area contributed by atoms with Crippen LogP contribution in [-0.4, -0.2) is 25.1 Å². The normalized spacial score (nSPS) is 13.5. The van der Waals surface area contributed by atoms with Crippen molar-refractivity contribution in [1.29, 1.82) is 0 Å². The summed E-state index contributed by atoms with van der Waals surface area (Å²) in [6.45, 7) is 0. The lowest BCUT2D eigenvalue weighted by Crippen LogP contribution is -2.11. The molecule has 0 saturated carbocycles. The third kappa shape index (κ3) is 3.73. The van der Waals surface area contributed by atoms with E-state index in [1.165, 1.54) is 12.1 Å². The average molecular weight is 312 g/mol. The quantitative estimate of drug-likeness (QED) is 0.831. The molecule has 0 aliphatic heterocycles. The molecule has 90 valence electrons. The lowest BCUT2D eigenvalue weighted by atomic mass is 10.1. The molecule has 16 heavy (non-hydrogen) atoms. The summed E-state index contributed by atoms with van der Waals surface area (Å²) in [6, 6.07) is 3.77. The van der Waals surface area contributed by atoms with Crippen LogP contribution in [-0.2, 0) is 10.0 Å². The summed E-state index contributed by atoms with van der Waals surface area (Å²) in [5.41, 5.74) is 0.268. The standard InChI is InChI=1S/C9H11BrFNO3S/c1-16(14,15)12-8-4-6(9(13)5-10)2-3-7(8)11/h2-4,9,12-13H,5H2,1H3. The zero-order valence-corrected chi connectivity index (χ0v) is 10.8. The largest absolute Gasteiger partial charge is 0.388 e. The number of hydrogen-bond donors (Lipinski definition) is 2. The van der Waals surface area contributed by atoms with E-state index in [1.807, 2.05) is 4.72 Å². The number of benzene rings is 1. The SMILES string of the molecule is CS(=O)(=O)Nc1cc(C(O)CBr)ccc1F. The van der Waals surface area contributed by atoms with Crippen molar-refractivity contribution in [2.45, 2.75) is 6.10 Å². The maximum atomic E-state index is 13.2. The van der Waals surface area contributed by atoms with Gasteiger partial charge in [-0.3, -0.25) is 4.72 Å². The van der Waals surface area contributed by atoms with Crippen LogP contribution in [0.25, 0.3) is 0 Å². The van der Waals surface area contributed by atoms with Gasteiger partial charge >= 0.3 is 0 Å². The molecule has 1 unspecified atom stereocenters. The van der Waals surface area contributed by atoms with Crippen molar-refractivity contribution in [2.24, 2.45) is 0 Å². The highest BCUT2D eigenvalue weighted by atomic mass is 79.9. The smallest absolute Gasteiger partial charge is 0.229 e. The van der Waals surface area contributed by atoms with Gasteiger partial charge in [0.2, 0.25) is 10.0 Å². The molecule has 1 aromatic carbocycles. The van der Waals surface area contributed by atoms with Gasteiger partial charge in [0.25, 0.3) is 0 Å². The van der Waals surface area contributed by atoms with Gasteiger partial charge < -0.3 is 5.11 Å². The molecule has 0 aromatic heterocycles. The van der Waals surface area contributed by atoms with Gasteiger partial charge in [-0.1, -0.05) is 22.0 Å². The summed E-state index contributed by atoms with van der Waals surface area (Å²) < 4.78 is 37.2. The van der Waals surface area contributed by atoms with E-state index in [0.29, 0.717) is 5.56 Å². The minimum absolute atomic E-state index is 0.167. The molecule has 0 bridgehead atoms. The molecular weight excluding hydrogens is 301 g/mol. The van der Waals surface area contributed by atoms with Crippen LogP contribution in [0.15, 0.2) is 18.2 Å². The maximum Gasteiger partial charge on any atom is 0.229 e. The Labute approximate surface area is 102 Å². The van der Waals surface area contributed by atoms with Gasteiger partial charge in [0.05, 0.1) is 18.0 Å². The predicted octanol–water partition coefficient (Wildman–Crippen LogP) is 1.63. The van der Waals surface area contributed by atoms with Crippen LogP contribution in [0.4, 0.5) is 10.1 Å². The average Bonchev–Trinajstić information content (AvgIpc) is 2.18. The Morgan fingerprint density at radius 1 is 1.56 bits per heavy atom. The highest BCUT2D eigenvalue weighted by Gasteiger charge is 2.12. The fourth-order valence-corrected chi connectivity index (χ4v) is 2.05. The van der Waals surface area contributed by atoms with E-state index in [-0.39, 0.29) is 11.0 Å². The Hall–Kier alpha value is -0.660. The molecule has 4 nitrogen and oxygen atoms in total. The van der Waals surface area contributed by atoms with E-state index < -0.39 is 21.9 Å². The Morgan fingerprint density at radius 3 is 2.69 bits per heavy atom. The van der Waals surface area contributed by atoms with Gasteiger partial charge in [0.1, 0.15) is 5.82 Å². The highest BCUT2D eigenvalue weighted by molar-refractivity contribution is 9.09. The van der Waals surface area contributed by atoms with Crippen molar-refractivity contribution in [3.05, 3.63) is 29.6 Å². The first-order valence-electron chi connectivity index (χ1n) is 4.35. The lowest BCUT2D eigenvalue weighted by Gasteiger charge is -2.11. The van der Waals surface area contributed by atoms with Crippen molar-refractivity contribution in [3.63, 3.8) is 0 Å². The summed E-state index contributed by atoms with van der Waals surface area (Å²) in [7, 11) is -3.53. The summed E-state index contributed by atoms with van der Waals surface area (Å²) in [5.74, 6) is -0.684. The summed E-state index contributed by atoms with van der Waals surface area (Å²) in [6.07, 6.45) is 0.126.